The van der Waals surface area contributed by atoms with Crippen molar-refractivity contribution in [2.45, 2.75) is 271 Å². The Morgan fingerprint density at radius 2 is 0.365 bits per heavy atom. The van der Waals surface area contributed by atoms with E-state index in [9.17, 15) is 29.7 Å². The summed E-state index contributed by atoms with van der Waals surface area (Å²) < 4.78 is 0. The van der Waals surface area contributed by atoms with Gasteiger partial charge in [-0.2, -0.15) is 0 Å². The summed E-state index contributed by atoms with van der Waals surface area (Å²) in [6.45, 7) is 6.75. The number of carbonyl (C=O) groups is 3. The first kappa shape index (κ1) is 58.3. The number of carboxylic acids is 3. The summed E-state index contributed by atoms with van der Waals surface area (Å²) >= 11 is 0. The molecular formula is C45H87LaO6. The SMILES string of the molecule is CCCCCCCCCCCCCCC(=O)[O-].CCCCCCCCCCCCCCC(=O)[O-].CCCCCCCCCCCCCCC(=O)[O-].[La+3]. The molecule has 0 rings (SSSR count). The van der Waals surface area contributed by atoms with Crippen LogP contribution in [0.25, 0.3) is 0 Å². The maximum atomic E-state index is 10.2. The van der Waals surface area contributed by atoms with E-state index < -0.39 is 17.9 Å². The molecule has 0 aromatic heterocycles. The van der Waals surface area contributed by atoms with E-state index in [-0.39, 0.29) is 54.9 Å². The largest absolute Gasteiger partial charge is 3.00 e. The minimum atomic E-state index is -0.905. The predicted molar refractivity (Wildman–Crippen MR) is 212 cm³/mol. The van der Waals surface area contributed by atoms with Gasteiger partial charge in [-0.1, -0.05) is 233 Å². The summed E-state index contributed by atoms with van der Waals surface area (Å²) in [6, 6.07) is 0. The van der Waals surface area contributed by atoms with Crippen LogP contribution in [0.1, 0.15) is 271 Å². The number of aliphatic carboxylic acids is 3. The van der Waals surface area contributed by atoms with Crippen LogP contribution in [-0.4, -0.2) is 17.9 Å². The number of hydrogen-bond donors (Lipinski definition) is 0. The van der Waals surface area contributed by atoms with Gasteiger partial charge in [-0.3, -0.25) is 0 Å². The van der Waals surface area contributed by atoms with Crippen LogP contribution in [0.4, 0.5) is 0 Å². The van der Waals surface area contributed by atoms with Crippen LogP contribution in [0.2, 0.25) is 0 Å². The molecule has 0 saturated carbocycles. The molecule has 0 unspecified atom stereocenters. The van der Waals surface area contributed by atoms with Gasteiger partial charge in [-0.05, 0) is 38.5 Å². The second-order valence-electron chi connectivity index (χ2n) is 15.0. The predicted octanol–water partition coefficient (Wildman–Crippen LogP) is 11.5. The molecule has 0 aromatic carbocycles. The molecule has 0 radical (unpaired) electrons. The monoisotopic (exact) mass is 863 g/mol. The van der Waals surface area contributed by atoms with E-state index in [1.807, 2.05) is 0 Å². The van der Waals surface area contributed by atoms with Gasteiger partial charge < -0.3 is 29.7 Å². The van der Waals surface area contributed by atoms with Crippen molar-refractivity contribution in [2.75, 3.05) is 0 Å². The number of unbranched alkanes of at least 4 members (excludes halogenated alkanes) is 33. The number of rotatable bonds is 39. The van der Waals surface area contributed by atoms with Crippen molar-refractivity contribution < 1.29 is 65.3 Å². The van der Waals surface area contributed by atoms with Crippen LogP contribution >= 0.6 is 0 Å². The number of hydrogen-bond acceptors (Lipinski definition) is 6. The summed E-state index contributed by atoms with van der Waals surface area (Å²) in [5.41, 5.74) is 0. The van der Waals surface area contributed by atoms with Crippen molar-refractivity contribution >= 4 is 17.9 Å². The molecule has 0 aliphatic rings. The van der Waals surface area contributed by atoms with Gasteiger partial charge in [0.25, 0.3) is 0 Å². The smallest absolute Gasteiger partial charge is 0.550 e. The van der Waals surface area contributed by atoms with E-state index in [2.05, 4.69) is 20.8 Å². The fraction of sp³-hybridized carbons (Fsp3) is 0.933. The zero-order valence-electron chi connectivity index (χ0n) is 35.1. The Morgan fingerprint density at radius 3 is 0.481 bits per heavy atom. The van der Waals surface area contributed by atoms with Crippen molar-refractivity contribution in [1.29, 1.82) is 0 Å². The Hall–Kier alpha value is -0.395. The molecule has 0 aliphatic carbocycles. The summed E-state index contributed by atoms with van der Waals surface area (Å²) in [6.07, 6.45) is 46.4. The van der Waals surface area contributed by atoms with Crippen LogP contribution in [-0.2, 0) is 14.4 Å². The van der Waals surface area contributed by atoms with Crippen molar-refractivity contribution in [3.05, 3.63) is 0 Å². The molecule has 0 fully saturated rings. The third-order valence-corrected chi connectivity index (χ3v) is 9.70. The molecule has 306 valence electrons. The van der Waals surface area contributed by atoms with Crippen molar-refractivity contribution in [3.8, 4) is 0 Å². The van der Waals surface area contributed by atoms with E-state index in [0.29, 0.717) is 0 Å². The third kappa shape index (κ3) is 67.7. The number of carboxylic acid groups (broad SMARTS) is 3. The normalized spacial score (nSPS) is 10.4. The second-order valence-corrected chi connectivity index (χ2v) is 15.0. The zero-order chi connectivity index (χ0) is 38.3. The molecule has 0 heterocycles. The van der Waals surface area contributed by atoms with Crippen molar-refractivity contribution in [3.63, 3.8) is 0 Å². The quantitative estimate of drug-likeness (QED) is 0.0568. The molecule has 0 aromatic rings. The molecule has 7 heteroatoms. The maximum Gasteiger partial charge on any atom is 3.00 e. The van der Waals surface area contributed by atoms with Crippen LogP contribution in [0.3, 0.4) is 0 Å². The first-order chi connectivity index (χ1) is 24.8. The van der Waals surface area contributed by atoms with E-state index in [1.54, 1.807) is 0 Å². The average molecular weight is 863 g/mol. The fourth-order valence-corrected chi connectivity index (χ4v) is 6.33. The first-order valence-electron chi connectivity index (χ1n) is 22.4. The average Bonchev–Trinajstić information content (AvgIpc) is 3.10. The van der Waals surface area contributed by atoms with Gasteiger partial charge in [-0.15, -0.1) is 0 Å². The van der Waals surface area contributed by atoms with Crippen LogP contribution in [0, 0.1) is 35.6 Å². The fourth-order valence-electron chi connectivity index (χ4n) is 6.33. The van der Waals surface area contributed by atoms with Gasteiger partial charge in [0.15, 0.2) is 0 Å². The molecule has 0 spiro atoms. The molecule has 0 N–H and O–H groups in total. The molecular weight excluding hydrogens is 775 g/mol. The molecule has 0 atom stereocenters. The third-order valence-electron chi connectivity index (χ3n) is 9.70. The molecule has 0 saturated heterocycles. The Morgan fingerprint density at radius 1 is 0.250 bits per heavy atom. The van der Waals surface area contributed by atoms with E-state index in [4.69, 9.17) is 0 Å². The Bertz CT molecular complexity index is 596. The van der Waals surface area contributed by atoms with Gasteiger partial charge in [-0.25, -0.2) is 0 Å². The topological polar surface area (TPSA) is 120 Å². The summed E-state index contributed by atoms with van der Waals surface area (Å²) in [5, 5.41) is 30.5. The standard InChI is InChI=1S/3C15H30O2.La/c3*1-2-3-4-5-6-7-8-9-10-11-12-13-14-15(16)17;/h3*2-14H2,1H3,(H,16,17);/q;;;+3/p-3. The molecule has 52 heavy (non-hydrogen) atoms. The number of carbonyl (C=O) groups excluding carboxylic acids is 3. The van der Waals surface area contributed by atoms with Gasteiger partial charge in [0.2, 0.25) is 0 Å². The van der Waals surface area contributed by atoms with Gasteiger partial charge in [0, 0.05) is 17.9 Å². The second kappa shape index (κ2) is 54.9. The van der Waals surface area contributed by atoms with Gasteiger partial charge in [0.05, 0.1) is 0 Å². The van der Waals surface area contributed by atoms with Crippen LogP contribution in [0.15, 0.2) is 0 Å². The Labute approximate surface area is 352 Å². The Kier molecular flexibility index (Phi) is 61.6. The summed E-state index contributed by atoms with van der Waals surface area (Å²) in [5.74, 6) is -2.72. The van der Waals surface area contributed by atoms with Crippen LogP contribution < -0.4 is 15.3 Å². The maximum absolute atomic E-state index is 10.2. The Balaban J connectivity index is -0.000000329. The van der Waals surface area contributed by atoms with Crippen LogP contribution in [0.5, 0.6) is 0 Å². The van der Waals surface area contributed by atoms with Crippen molar-refractivity contribution in [1.82, 2.24) is 0 Å². The van der Waals surface area contributed by atoms with Gasteiger partial charge in [0.1, 0.15) is 0 Å². The van der Waals surface area contributed by atoms with Crippen molar-refractivity contribution in [2.24, 2.45) is 0 Å². The minimum Gasteiger partial charge on any atom is -0.550 e. The zero-order valence-corrected chi connectivity index (χ0v) is 38.7. The van der Waals surface area contributed by atoms with E-state index in [0.717, 1.165) is 38.5 Å². The first-order valence-corrected chi connectivity index (χ1v) is 22.4. The molecule has 6 nitrogen and oxygen atoms in total. The van der Waals surface area contributed by atoms with E-state index in [1.165, 1.54) is 193 Å². The minimum absolute atomic E-state index is 0. The molecule has 0 aliphatic heterocycles. The molecule has 0 amide bonds. The molecule has 0 bridgehead atoms. The summed E-state index contributed by atoms with van der Waals surface area (Å²) in [7, 11) is 0. The summed E-state index contributed by atoms with van der Waals surface area (Å²) in [4.78, 5) is 30.5. The van der Waals surface area contributed by atoms with E-state index >= 15 is 0 Å². The van der Waals surface area contributed by atoms with Gasteiger partial charge >= 0.3 is 35.6 Å².